The van der Waals surface area contributed by atoms with Gasteiger partial charge in [-0.25, -0.2) is 9.59 Å². The molecule has 3 aliphatic heterocycles. The molecule has 6 aromatic carbocycles. The normalized spacial score (nSPS) is 28.2. The van der Waals surface area contributed by atoms with E-state index in [1.54, 1.807) is 74.5 Å². The van der Waals surface area contributed by atoms with Gasteiger partial charge in [0.2, 0.25) is 0 Å². The van der Waals surface area contributed by atoms with Gasteiger partial charge in [-0.15, -0.1) is 0 Å². The highest BCUT2D eigenvalue weighted by atomic mass is 32.2. The zero-order valence-corrected chi connectivity index (χ0v) is 46.8. The van der Waals surface area contributed by atoms with Crippen LogP contribution in [-0.4, -0.2) is 115 Å². The van der Waals surface area contributed by atoms with Crippen LogP contribution in [0.1, 0.15) is 77.6 Å². The number of carbonyl (C=O) groups is 4. The fourth-order valence-electron chi connectivity index (χ4n) is 9.99. The Kier molecular flexibility index (Phi) is 20.6. The van der Waals surface area contributed by atoms with Crippen molar-refractivity contribution in [1.82, 2.24) is 0 Å². The third kappa shape index (κ3) is 15.6. The van der Waals surface area contributed by atoms with E-state index in [4.69, 9.17) is 56.8 Å². The summed E-state index contributed by atoms with van der Waals surface area (Å²) in [7, 11) is 0. The molecule has 0 aliphatic carbocycles. The van der Waals surface area contributed by atoms with Gasteiger partial charge in [0.25, 0.3) is 0 Å². The molecule has 0 bridgehead atoms. The fraction of sp³-hybridized carbons (Fsp3) is 0.375. The maximum Gasteiger partial charge on any atom is 0.338 e. The van der Waals surface area contributed by atoms with E-state index in [2.05, 4.69) is 0 Å². The summed E-state index contributed by atoms with van der Waals surface area (Å²) in [6, 6.07) is 53.4. The Morgan fingerprint density at radius 2 is 0.778 bits per heavy atom. The molecular weight excluding hydrogens is 1060 g/mol. The van der Waals surface area contributed by atoms with E-state index in [0.717, 1.165) is 27.1 Å². The summed E-state index contributed by atoms with van der Waals surface area (Å²) in [5.74, 6) is -2.90. The molecule has 15 atom stereocenters. The van der Waals surface area contributed by atoms with Crippen LogP contribution in [0.3, 0.4) is 0 Å². The molecule has 3 aliphatic rings. The van der Waals surface area contributed by atoms with Crippen molar-refractivity contribution >= 4 is 35.6 Å². The van der Waals surface area contributed by atoms with Crippen LogP contribution in [0.25, 0.3) is 0 Å². The maximum atomic E-state index is 14.6. The van der Waals surface area contributed by atoms with Crippen molar-refractivity contribution in [3.63, 3.8) is 0 Å². The Balaban J connectivity index is 1.14. The average Bonchev–Trinajstić information content (AvgIpc) is 3.49. The molecule has 9 rings (SSSR count). The lowest BCUT2D eigenvalue weighted by atomic mass is 9.96. The first-order valence-electron chi connectivity index (χ1n) is 27.1. The van der Waals surface area contributed by atoms with Crippen molar-refractivity contribution < 1.29 is 76.0 Å². The van der Waals surface area contributed by atoms with Crippen molar-refractivity contribution in [2.24, 2.45) is 0 Å². The van der Waals surface area contributed by atoms with Gasteiger partial charge in [-0.3, -0.25) is 9.59 Å². The maximum absolute atomic E-state index is 14.6. The largest absolute Gasteiger partial charge is 0.457 e. The van der Waals surface area contributed by atoms with Gasteiger partial charge >= 0.3 is 23.9 Å². The first kappa shape index (κ1) is 58.9. The Hall–Kier alpha value is -6.77. The second kappa shape index (κ2) is 28.3. The van der Waals surface area contributed by atoms with Crippen LogP contribution in [0.2, 0.25) is 0 Å². The highest BCUT2D eigenvalue weighted by Crippen LogP contribution is 2.42. The number of esters is 4. The quantitative estimate of drug-likeness (QED) is 0.0490. The number of rotatable bonds is 21. The van der Waals surface area contributed by atoms with E-state index in [9.17, 15) is 19.2 Å². The fourth-order valence-corrected chi connectivity index (χ4v) is 11.1. The third-order valence-corrected chi connectivity index (χ3v) is 15.2. The van der Waals surface area contributed by atoms with Gasteiger partial charge in [0.15, 0.2) is 37.0 Å². The summed E-state index contributed by atoms with van der Waals surface area (Å²) in [4.78, 5) is 55.9. The number of hydrogen-bond acceptors (Lipinski definition) is 17. The minimum atomic E-state index is -1.61. The van der Waals surface area contributed by atoms with Crippen LogP contribution in [0.4, 0.5) is 0 Å². The molecule has 16 nitrogen and oxygen atoms in total. The molecule has 0 amide bonds. The monoisotopic (exact) mass is 1120 g/mol. The van der Waals surface area contributed by atoms with Crippen LogP contribution in [0.5, 0.6) is 0 Å². The molecular formula is C64H68O16S. The Morgan fingerprint density at radius 1 is 0.395 bits per heavy atom. The molecule has 3 saturated heterocycles. The van der Waals surface area contributed by atoms with E-state index in [1.807, 2.05) is 129 Å². The summed E-state index contributed by atoms with van der Waals surface area (Å²) in [6.07, 6.45) is -16.5. The molecule has 0 unspecified atom stereocenters. The van der Waals surface area contributed by atoms with Gasteiger partial charge in [0.1, 0.15) is 36.0 Å². The van der Waals surface area contributed by atoms with Gasteiger partial charge in [0, 0.05) is 18.7 Å². The molecule has 3 heterocycles. The van der Waals surface area contributed by atoms with Crippen molar-refractivity contribution in [1.29, 1.82) is 0 Å². The molecule has 17 heteroatoms. The predicted octanol–water partition coefficient (Wildman–Crippen LogP) is 10.2. The van der Waals surface area contributed by atoms with Gasteiger partial charge in [-0.1, -0.05) is 157 Å². The highest BCUT2D eigenvalue weighted by molar-refractivity contribution is 7.99. The molecule has 0 radical (unpaired) electrons. The standard InChI is InChI=1S/C64H68O16S/c1-39-32-34-50(35-33-39)81-64-59(56(53(42(4)74-64)76-44(6)66)77-60(67)48-28-18-10-19-29-48)80-63-58(78-61(68)49-30-20-11-21-31-49)55(52(41(3)73-63)75-43(5)65)79-62-57(71-38-47-26-16-9-17-27-47)54(70-37-46-24-14-8-15-25-46)51(40(2)72-62)69-36-45-22-12-7-13-23-45/h7-35,40-42,51-59,62-64H,36-38H2,1-6H3/t40-,41-,42-,51-,52-,53-,54+,55+,56+,57+,58+,59+,62-,63-,64-/m0/s1. The number of aryl methyl sites for hydroxylation is 1. The van der Waals surface area contributed by atoms with Crippen LogP contribution in [0, 0.1) is 6.92 Å². The smallest absolute Gasteiger partial charge is 0.338 e. The summed E-state index contributed by atoms with van der Waals surface area (Å²) in [6.45, 7) is 10.1. The number of ether oxygens (including phenoxy) is 12. The number of carbonyl (C=O) groups excluding carboxylic acids is 4. The minimum absolute atomic E-state index is 0.0855. The summed E-state index contributed by atoms with van der Waals surface area (Å²) in [5.41, 5.74) is 3.08. The molecule has 81 heavy (non-hydrogen) atoms. The lowest BCUT2D eigenvalue weighted by Crippen LogP contribution is -2.67. The van der Waals surface area contributed by atoms with Gasteiger partial charge in [-0.2, -0.15) is 0 Å². The van der Waals surface area contributed by atoms with Gasteiger partial charge in [0.05, 0.1) is 49.3 Å². The lowest BCUT2D eigenvalue weighted by molar-refractivity contribution is -0.372. The second-order valence-corrected chi connectivity index (χ2v) is 21.3. The zero-order chi connectivity index (χ0) is 56.8. The first-order chi connectivity index (χ1) is 39.3. The van der Waals surface area contributed by atoms with Crippen molar-refractivity contribution in [2.75, 3.05) is 0 Å². The van der Waals surface area contributed by atoms with Gasteiger partial charge < -0.3 is 56.8 Å². The summed E-state index contributed by atoms with van der Waals surface area (Å²) in [5, 5.41) is 0. The van der Waals surface area contributed by atoms with Crippen molar-refractivity contribution in [3.8, 4) is 0 Å². The van der Waals surface area contributed by atoms with E-state index in [-0.39, 0.29) is 30.9 Å². The van der Waals surface area contributed by atoms with Crippen molar-refractivity contribution in [2.45, 2.75) is 158 Å². The molecule has 0 spiro atoms. The van der Waals surface area contributed by atoms with E-state index < -0.39 is 115 Å². The number of thioether (sulfide) groups is 1. The Morgan fingerprint density at radius 3 is 1.26 bits per heavy atom. The summed E-state index contributed by atoms with van der Waals surface area (Å²) >= 11 is 1.28. The Bertz CT molecular complexity index is 2940. The summed E-state index contributed by atoms with van der Waals surface area (Å²) < 4.78 is 80.2. The van der Waals surface area contributed by atoms with Crippen LogP contribution < -0.4 is 0 Å². The molecule has 0 aromatic heterocycles. The molecule has 0 saturated carbocycles. The SMILES string of the molecule is CC(=O)O[C@@H]1[C@@H](OC(=O)c2ccccc2)[C@@H](O[C@@H]2O[C@@H](C)[C@H](OC(C)=O)[C@@H](O[C@@H]3O[C@@H](C)[C@H](OCc4ccccc4)[C@@H](OCc4ccccc4)[C@H]3OCc3ccccc3)[C@H]2OC(=O)c2ccccc2)[C@H](Sc2ccc(C)cc2)O[C@H]1C. The second-order valence-electron chi connectivity index (χ2n) is 20.2. The average molecular weight is 1130 g/mol. The molecule has 0 N–H and O–H groups in total. The van der Waals surface area contributed by atoms with Crippen molar-refractivity contribution in [3.05, 3.63) is 209 Å². The van der Waals surface area contributed by atoms with E-state index in [1.165, 1.54) is 25.6 Å². The molecule has 426 valence electrons. The van der Waals surface area contributed by atoms with E-state index in [0.29, 0.717) is 0 Å². The van der Waals surface area contributed by atoms with Crippen LogP contribution >= 0.6 is 11.8 Å². The zero-order valence-electron chi connectivity index (χ0n) is 46.0. The van der Waals surface area contributed by atoms with E-state index >= 15 is 0 Å². The van der Waals surface area contributed by atoms with Crippen LogP contribution in [-0.2, 0) is 86.3 Å². The third-order valence-electron chi connectivity index (χ3n) is 14.0. The van der Waals surface area contributed by atoms with Crippen LogP contribution in [0.15, 0.2) is 181 Å². The molecule has 6 aromatic rings. The first-order valence-corrected chi connectivity index (χ1v) is 28.0. The minimum Gasteiger partial charge on any atom is -0.457 e. The predicted molar refractivity (Wildman–Crippen MR) is 297 cm³/mol. The molecule has 3 fully saturated rings. The lowest BCUT2D eigenvalue weighted by Gasteiger charge is -2.50. The topological polar surface area (TPSA) is 179 Å². The number of benzene rings is 6. The van der Waals surface area contributed by atoms with Gasteiger partial charge in [-0.05, 0) is 80.8 Å². The highest BCUT2D eigenvalue weighted by Gasteiger charge is 2.58. The Labute approximate surface area is 476 Å². The number of hydrogen-bond donors (Lipinski definition) is 0.